The summed E-state index contributed by atoms with van der Waals surface area (Å²) in [6.45, 7) is 2.71. The van der Waals surface area contributed by atoms with E-state index >= 15 is 0 Å². The van der Waals surface area contributed by atoms with Gasteiger partial charge >= 0.3 is 0 Å². The average Bonchev–Trinajstić information content (AvgIpc) is 3.11. The van der Waals surface area contributed by atoms with Gasteiger partial charge in [-0.05, 0) is 36.6 Å². The van der Waals surface area contributed by atoms with Crippen LogP contribution in [0.2, 0.25) is 5.02 Å². The number of imidazole rings is 1. The number of rotatable bonds is 4. The largest absolute Gasteiger partial charge is 0.355 e. The predicted octanol–water partition coefficient (Wildman–Crippen LogP) is 3.76. The molecule has 1 fully saturated rings. The van der Waals surface area contributed by atoms with Crippen LogP contribution in [0, 0.1) is 0 Å². The Labute approximate surface area is 152 Å². The Hall–Kier alpha value is -2.40. The molecule has 0 saturated carbocycles. The number of piperidine rings is 1. The first-order valence-electron chi connectivity index (χ1n) is 8.56. The number of pyridine rings is 2. The van der Waals surface area contributed by atoms with Crippen molar-refractivity contribution in [3.8, 4) is 0 Å². The molecule has 3 aromatic heterocycles. The standard InChI is InChI=1S/C19H20ClN5/c20-17-4-2-8-22-19(17)24-10-5-16(6-11-24)18-23-9-12-25(18)14-15-3-1-7-21-13-15/h1-4,7-9,12-13,16H,5-6,10-11,14H2. The monoisotopic (exact) mass is 353 g/mol. The molecule has 0 aliphatic carbocycles. The first-order chi connectivity index (χ1) is 12.3. The van der Waals surface area contributed by atoms with Gasteiger partial charge < -0.3 is 9.47 Å². The molecule has 0 aromatic carbocycles. The minimum Gasteiger partial charge on any atom is -0.355 e. The minimum absolute atomic E-state index is 0.463. The van der Waals surface area contributed by atoms with Gasteiger partial charge in [0.25, 0.3) is 0 Å². The third-order valence-electron chi connectivity index (χ3n) is 4.72. The minimum atomic E-state index is 0.463. The maximum absolute atomic E-state index is 6.28. The van der Waals surface area contributed by atoms with Gasteiger partial charge in [0.1, 0.15) is 11.6 Å². The van der Waals surface area contributed by atoms with Gasteiger partial charge in [-0.25, -0.2) is 9.97 Å². The van der Waals surface area contributed by atoms with Gasteiger partial charge in [0, 0.05) is 50.0 Å². The molecule has 0 spiro atoms. The van der Waals surface area contributed by atoms with Crippen molar-refractivity contribution in [2.75, 3.05) is 18.0 Å². The van der Waals surface area contributed by atoms with E-state index in [1.807, 2.05) is 30.6 Å². The van der Waals surface area contributed by atoms with E-state index in [1.54, 1.807) is 12.4 Å². The highest BCUT2D eigenvalue weighted by molar-refractivity contribution is 6.32. The van der Waals surface area contributed by atoms with E-state index in [2.05, 4.69) is 36.7 Å². The normalized spacial score (nSPS) is 15.5. The van der Waals surface area contributed by atoms with Crippen LogP contribution in [0.5, 0.6) is 0 Å². The lowest BCUT2D eigenvalue weighted by molar-refractivity contribution is 0.468. The molecule has 0 radical (unpaired) electrons. The molecular formula is C19H20ClN5. The van der Waals surface area contributed by atoms with Crippen LogP contribution in [0.25, 0.3) is 0 Å². The summed E-state index contributed by atoms with van der Waals surface area (Å²) in [5.74, 6) is 2.52. The van der Waals surface area contributed by atoms with E-state index in [0.29, 0.717) is 5.92 Å². The number of halogens is 1. The molecule has 0 atom stereocenters. The Bertz CT molecular complexity index is 825. The molecule has 25 heavy (non-hydrogen) atoms. The van der Waals surface area contributed by atoms with Gasteiger partial charge in [-0.15, -0.1) is 0 Å². The number of nitrogens with zero attached hydrogens (tertiary/aromatic N) is 5. The van der Waals surface area contributed by atoms with Crippen LogP contribution in [-0.2, 0) is 6.54 Å². The molecule has 5 nitrogen and oxygen atoms in total. The van der Waals surface area contributed by atoms with Crippen molar-refractivity contribution in [2.45, 2.75) is 25.3 Å². The van der Waals surface area contributed by atoms with Crippen molar-refractivity contribution in [3.05, 3.63) is 71.7 Å². The fourth-order valence-electron chi connectivity index (χ4n) is 3.46. The molecule has 0 N–H and O–H groups in total. The van der Waals surface area contributed by atoms with Crippen molar-refractivity contribution in [1.82, 2.24) is 19.5 Å². The van der Waals surface area contributed by atoms with Crippen molar-refractivity contribution < 1.29 is 0 Å². The van der Waals surface area contributed by atoms with Gasteiger partial charge in [0.05, 0.1) is 11.6 Å². The molecule has 0 amide bonds. The summed E-state index contributed by atoms with van der Waals surface area (Å²) >= 11 is 6.28. The quantitative estimate of drug-likeness (QED) is 0.716. The fraction of sp³-hybridized carbons (Fsp3) is 0.316. The zero-order valence-corrected chi connectivity index (χ0v) is 14.7. The zero-order chi connectivity index (χ0) is 17.1. The topological polar surface area (TPSA) is 46.8 Å². The Morgan fingerprint density at radius 1 is 1.04 bits per heavy atom. The number of anilines is 1. The van der Waals surface area contributed by atoms with Crippen molar-refractivity contribution in [2.24, 2.45) is 0 Å². The van der Waals surface area contributed by atoms with Crippen LogP contribution in [-0.4, -0.2) is 32.6 Å². The van der Waals surface area contributed by atoms with Crippen molar-refractivity contribution in [1.29, 1.82) is 0 Å². The zero-order valence-electron chi connectivity index (χ0n) is 13.9. The van der Waals surface area contributed by atoms with E-state index in [-0.39, 0.29) is 0 Å². The summed E-state index contributed by atoms with van der Waals surface area (Å²) in [6, 6.07) is 7.84. The third-order valence-corrected chi connectivity index (χ3v) is 5.02. The lowest BCUT2D eigenvalue weighted by Crippen LogP contribution is -2.34. The molecule has 1 saturated heterocycles. The van der Waals surface area contributed by atoms with Crippen LogP contribution < -0.4 is 4.90 Å². The lowest BCUT2D eigenvalue weighted by atomic mass is 9.95. The summed E-state index contributed by atoms with van der Waals surface area (Å²) < 4.78 is 2.24. The number of aromatic nitrogens is 4. The molecule has 0 bridgehead atoms. The van der Waals surface area contributed by atoms with Crippen LogP contribution in [0.1, 0.15) is 30.1 Å². The number of hydrogen-bond donors (Lipinski definition) is 0. The van der Waals surface area contributed by atoms with E-state index in [1.165, 1.54) is 5.56 Å². The van der Waals surface area contributed by atoms with Crippen LogP contribution in [0.3, 0.4) is 0 Å². The molecule has 6 heteroatoms. The summed E-state index contributed by atoms with van der Waals surface area (Å²) in [5, 5.41) is 0.721. The Kier molecular flexibility index (Phi) is 4.65. The maximum Gasteiger partial charge on any atom is 0.147 e. The highest BCUT2D eigenvalue weighted by Crippen LogP contribution is 2.31. The Balaban J connectivity index is 1.45. The summed E-state index contributed by atoms with van der Waals surface area (Å²) in [7, 11) is 0. The molecule has 0 unspecified atom stereocenters. The second kappa shape index (κ2) is 7.23. The summed E-state index contributed by atoms with van der Waals surface area (Å²) in [5.41, 5.74) is 1.19. The van der Waals surface area contributed by atoms with E-state index in [4.69, 9.17) is 11.6 Å². The van der Waals surface area contributed by atoms with Crippen LogP contribution in [0.4, 0.5) is 5.82 Å². The van der Waals surface area contributed by atoms with Gasteiger partial charge in [0.2, 0.25) is 0 Å². The first kappa shape index (κ1) is 16.1. The highest BCUT2D eigenvalue weighted by atomic mass is 35.5. The molecule has 128 valence electrons. The van der Waals surface area contributed by atoms with Crippen molar-refractivity contribution in [3.63, 3.8) is 0 Å². The van der Waals surface area contributed by atoms with Gasteiger partial charge in [-0.1, -0.05) is 17.7 Å². The molecule has 1 aliphatic rings. The van der Waals surface area contributed by atoms with E-state index in [0.717, 1.165) is 49.1 Å². The SMILES string of the molecule is Clc1cccnc1N1CCC(c2nccn2Cc2cccnc2)CC1. The second-order valence-electron chi connectivity index (χ2n) is 6.34. The molecule has 4 heterocycles. The molecule has 4 rings (SSSR count). The van der Waals surface area contributed by atoms with Crippen molar-refractivity contribution >= 4 is 17.4 Å². The first-order valence-corrected chi connectivity index (χ1v) is 8.94. The van der Waals surface area contributed by atoms with Crippen LogP contribution >= 0.6 is 11.6 Å². The van der Waals surface area contributed by atoms with E-state index < -0.39 is 0 Å². The van der Waals surface area contributed by atoms with Gasteiger partial charge in [0.15, 0.2) is 0 Å². The van der Waals surface area contributed by atoms with E-state index in [9.17, 15) is 0 Å². The molecular weight excluding hydrogens is 334 g/mol. The molecule has 1 aliphatic heterocycles. The smallest absolute Gasteiger partial charge is 0.147 e. The Morgan fingerprint density at radius 2 is 1.88 bits per heavy atom. The number of hydrogen-bond acceptors (Lipinski definition) is 4. The Morgan fingerprint density at radius 3 is 2.64 bits per heavy atom. The second-order valence-corrected chi connectivity index (χ2v) is 6.75. The average molecular weight is 354 g/mol. The highest BCUT2D eigenvalue weighted by Gasteiger charge is 2.25. The van der Waals surface area contributed by atoms with Crippen LogP contribution in [0.15, 0.2) is 55.2 Å². The third kappa shape index (κ3) is 3.51. The maximum atomic E-state index is 6.28. The molecule has 3 aromatic rings. The van der Waals surface area contributed by atoms with Gasteiger partial charge in [-0.3, -0.25) is 4.98 Å². The van der Waals surface area contributed by atoms with Gasteiger partial charge in [-0.2, -0.15) is 0 Å². The predicted molar refractivity (Wildman–Crippen MR) is 99.0 cm³/mol. The fourth-order valence-corrected chi connectivity index (χ4v) is 3.70. The lowest BCUT2D eigenvalue weighted by Gasteiger charge is -2.33. The summed E-state index contributed by atoms with van der Waals surface area (Å²) in [4.78, 5) is 15.5. The summed E-state index contributed by atoms with van der Waals surface area (Å²) in [6.07, 6.45) is 11.6.